The zero-order chi connectivity index (χ0) is 27.8. The number of alkyl halides is 6. The second kappa shape index (κ2) is 9.65. The quantitative estimate of drug-likeness (QED) is 0.255. The van der Waals surface area contributed by atoms with Crippen molar-refractivity contribution in [2.24, 2.45) is 0 Å². The number of rotatable bonds is 7. The molecule has 0 amide bonds. The number of halogens is 6. The summed E-state index contributed by atoms with van der Waals surface area (Å²) in [5.74, 6) is -3.31. The number of benzene rings is 3. The first-order valence-electron chi connectivity index (χ1n) is 10.6. The summed E-state index contributed by atoms with van der Waals surface area (Å²) in [5, 5.41) is 19.3. The minimum absolute atomic E-state index is 0.0275. The number of carboxylic acids is 2. The molecule has 7 nitrogen and oxygen atoms in total. The normalized spacial score (nSPS) is 11.9. The summed E-state index contributed by atoms with van der Waals surface area (Å²) in [7, 11) is 0. The molecule has 2 N–H and O–H groups in total. The molecule has 1 heterocycles. The highest BCUT2D eigenvalue weighted by Crippen LogP contribution is 2.36. The van der Waals surface area contributed by atoms with Gasteiger partial charge in [-0.1, -0.05) is 0 Å². The second-order valence-corrected chi connectivity index (χ2v) is 7.88. The fraction of sp³-hybridized carbons (Fsp3) is 0.120. The molecule has 0 atom stereocenters. The molecule has 0 radical (unpaired) electrons. The molecule has 13 heteroatoms. The smallest absolute Gasteiger partial charge is 0.481 e. The molecule has 0 bridgehead atoms. The van der Waals surface area contributed by atoms with E-state index in [4.69, 9.17) is 4.74 Å². The van der Waals surface area contributed by atoms with Gasteiger partial charge in [0.1, 0.15) is 17.2 Å². The zero-order valence-corrected chi connectivity index (χ0v) is 18.8. The van der Waals surface area contributed by atoms with Crippen LogP contribution in [-0.4, -0.2) is 33.1 Å². The van der Waals surface area contributed by atoms with Gasteiger partial charge in [0.15, 0.2) is 0 Å². The highest BCUT2D eigenvalue weighted by Gasteiger charge is 2.32. The SMILES string of the molecule is O=C(O)Cc1c(C(=O)O)c2cc(Oc3ccc(C(F)(F)F)cc3)ccc2n1-c1ccc(OC(F)(F)F)cc1. The van der Waals surface area contributed by atoms with Crippen molar-refractivity contribution in [3.8, 4) is 22.9 Å². The van der Waals surface area contributed by atoms with E-state index in [0.29, 0.717) is 0 Å². The maximum Gasteiger partial charge on any atom is 0.573 e. The van der Waals surface area contributed by atoms with Gasteiger partial charge >= 0.3 is 24.5 Å². The number of carbonyl (C=O) groups is 2. The molecule has 0 spiro atoms. The Morgan fingerprint density at radius 3 is 1.89 bits per heavy atom. The Hall–Kier alpha value is -4.68. The van der Waals surface area contributed by atoms with E-state index in [0.717, 1.165) is 36.4 Å². The van der Waals surface area contributed by atoms with E-state index in [1.165, 1.54) is 34.9 Å². The Morgan fingerprint density at radius 2 is 1.37 bits per heavy atom. The van der Waals surface area contributed by atoms with Crippen LogP contribution in [0.3, 0.4) is 0 Å². The number of fused-ring (bicyclic) bond motifs is 1. The van der Waals surface area contributed by atoms with Gasteiger partial charge in [0.25, 0.3) is 0 Å². The van der Waals surface area contributed by atoms with E-state index in [-0.39, 0.29) is 33.8 Å². The minimum Gasteiger partial charge on any atom is -0.481 e. The number of aromatic nitrogens is 1. The van der Waals surface area contributed by atoms with E-state index in [1.807, 2.05) is 0 Å². The summed E-state index contributed by atoms with van der Waals surface area (Å²) in [4.78, 5) is 23.7. The first-order valence-corrected chi connectivity index (χ1v) is 10.6. The average molecular weight is 539 g/mol. The van der Waals surface area contributed by atoms with Gasteiger partial charge in [0.05, 0.1) is 23.1 Å². The molecule has 38 heavy (non-hydrogen) atoms. The molecular formula is C25H15F6NO6. The maximum atomic E-state index is 12.8. The predicted octanol–water partition coefficient (Wildman–Crippen LogP) is 6.67. The van der Waals surface area contributed by atoms with Crippen molar-refractivity contribution in [3.63, 3.8) is 0 Å². The highest BCUT2D eigenvalue weighted by atomic mass is 19.4. The van der Waals surface area contributed by atoms with Crippen LogP contribution < -0.4 is 9.47 Å². The average Bonchev–Trinajstić information content (AvgIpc) is 3.11. The van der Waals surface area contributed by atoms with E-state index in [1.54, 1.807) is 0 Å². The van der Waals surface area contributed by atoms with E-state index in [2.05, 4.69) is 4.74 Å². The van der Waals surface area contributed by atoms with Crippen LogP contribution in [0.2, 0.25) is 0 Å². The Morgan fingerprint density at radius 1 is 0.789 bits per heavy atom. The summed E-state index contributed by atoms with van der Waals surface area (Å²) in [5.41, 5.74) is -1.10. The number of carboxylic acid groups (broad SMARTS) is 2. The van der Waals surface area contributed by atoms with Gasteiger partial charge < -0.3 is 24.3 Å². The maximum absolute atomic E-state index is 12.8. The molecular weight excluding hydrogens is 524 g/mol. The third kappa shape index (κ3) is 5.66. The number of hydrogen-bond acceptors (Lipinski definition) is 4. The van der Waals surface area contributed by atoms with Crippen LogP contribution in [0.15, 0.2) is 66.7 Å². The third-order valence-corrected chi connectivity index (χ3v) is 5.32. The fourth-order valence-corrected chi connectivity index (χ4v) is 3.88. The Labute approximate surface area is 209 Å². The van der Waals surface area contributed by atoms with Crippen molar-refractivity contribution in [3.05, 3.63) is 83.6 Å². The van der Waals surface area contributed by atoms with Crippen LogP contribution in [-0.2, 0) is 17.4 Å². The zero-order valence-electron chi connectivity index (χ0n) is 18.8. The lowest BCUT2D eigenvalue weighted by molar-refractivity contribution is -0.274. The molecule has 0 aliphatic carbocycles. The Kier molecular flexibility index (Phi) is 6.70. The molecule has 4 aromatic rings. The molecule has 198 valence electrons. The largest absolute Gasteiger partial charge is 0.573 e. The molecule has 0 unspecified atom stereocenters. The summed E-state index contributed by atoms with van der Waals surface area (Å²) in [6.07, 6.45) is -10.2. The van der Waals surface area contributed by atoms with Crippen LogP contribution in [0.25, 0.3) is 16.6 Å². The lowest BCUT2D eigenvalue weighted by Crippen LogP contribution is -2.17. The highest BCUT2D eigenvalue weighted by molar-refractivity contribution is 6.07. The molecule has 0 fully saturated rings. The topological polar surface area (TPSA) is 98.0 Å². The summed E-state index contributed by atoms with van der Waals surface area (Å²) in [6, 6.07) is 12.2. The molecule has 0 saturated carbocycles. The van der Waals surface area contributed by atoms with Crippen molar-refractivity contribution in [1.29, 1.82) is 0 Å². The Balaban J connectivity index is 1.81. The number of aromatic carboxylic acids is 1. The van der Waals surface area contributed by atoms with Gasteiger partial charge in [0, 0.05) is 16.8 Å². The lowest BCUT2D eigenvalue weighted by Gasteiger charge is -2.13. The lowest BCUT2D eigenvalue weighted by atomic mass is 10.1. The predicted molar refractivity (Wildman–Crippen MR) is 120 cm³/mol. The number of nitrogens with zero attached hydrogens (tertiary/aromatic N) is 1. The number of ether oxygens (including phenoxy) is 2. The molecule has 0 aliphatic rings. The van der Waals surface area contributed by atoms with Crippen molar-refractivity contribution >= 4 is 22.8 Å². The van der Waals surface area contributed by atoms with Crippen LogP contribution in [0.5, 0.6) is 17.2 Å². The first-order chi connectivity index (χ1) is 17.7. The monoisotopic (exact) mass is 539 g/mol. The van der Waals surface area contributed by atoms with Crippen molar-refractivity contribution < 1.29 is 55.6 Å². The van der Waals surface area contributed by atoms with E-state index < -0.39 is 47.8 Å². The van der Waals surface area contributed by atoms with Gasteiger partial charge in [-0.05, 0) is 66.7 Å². The minimum atomic E-state index is -4.93. The molecule has 4 rings (SSSR count). The first kappa shape index (κ1) is 26.4. The van der Waals surface area contributed by atoms with Gasteiger partial charge in [-0.3, -0.25) is 4.79 Å². The molecule has 0 saturated heterocycles. The van der Waals surface area contributed by atoms with Crippen LogP contribution in [0.1, 0.15) is 21.6 Å². The van der Waals surface area contributed by atoms with Gasteiger partial charge in [0.2, 0.25) is 0 Å². The van der Waals surface area contributed by atoms with Gasteiger partial charge in [-0.25, -0.2) is 4.79 Å². The fourth-order valence-electron chi connectivity index (χ4n) is 3.88. The van der Waals surface area contributed by atoms with E-state index >= 15 is 0 Å². The molecule has 3 aromatic carbocycles. The Bertz CT molecular complexity index is 1510. The summed E-state index contributed by atoms with van der Waals surface area (Å²) in [6.45, 7) is 0. The molecule has 0 aliphatic heterocycles. The van der Waals surface area contributed by atoms with Crippen molar-refractivity contribution in [2.75, 3.05) is 0 Å². The summed E-state index contributed by atoms with van der Waals surface area (Å²) >= 11 is 0. The number of hydrogen-bond donors (Lipinski definition) is 2. The van der Waals surface area contributed by atoms with E-state index in [9.17, 15) is 46.1 Å². The second-order valence-electron chi connectivity index (χ2n) is 7.88. The standard InChI is InChI=1S/C25H15F6NO6/c26-24(27,28)13-1-5-15(6-2-13)37-17-9-10-19-18(11-17)22(23(35)36)20(12-21(33)34)32(19)14-3-7-16(8-4-14)38-25(29,30)31/h1-11H,12H2,(H,33,34)(H,35,36). The summed E-state index contributed by atoms with van der Waals surface area (Å²) < 4.78 is 86.7. The van der Waals surface area contributed by atoms with Crippen molar-refractivity contribution in [2.45, 2.75) is 19.0 Å². The van der Waals surface area contributed by atoms with Gasteiger partial charge in [-0.2, -0.15) is 13.2 Å². The third-order valence-electron chi connectivity index (χ3n) is 5.32. The van der Waals surface area contributed by atoms with Crippen LogP contribution in [0, 0.1) is 0 Å². The van der Waals surface area contributed by atoms with Crippen molar-refractivity contribution in [1.82, 2.24) is 4.57 Å². The van der Waals surface area contributed by atoms with Gasteiger partial charge in [-0.15, -0.1) is 13.2 Å². The number of aliphatic carboxylic acids is 1. The van der Waals surface area contributed by atoms with Crippen LogP contribution >= 0.6 is 0 Å². The van der Waals surface area contributed by atoms with Crippen LogP contribution in [0.4, 0.5) is 26.3 Å². The molecule has 1 aromatic heterocycles.